The summed E-state index contributed by atoms with van der Waals surface area (Å²) in [5.41, 5.74) is 9.10. The number of nitrogens with one attached hydrogen (secondary N) is 1. The van der Waals surface area contributed by atoms with Crippen LogP contribution in [0.1, 0.15) is 30.5 Å². The lowest BCUT2D eigenvalue weighted by Crippen LogP contribution is -2.12. The Morgan fingerprint density at radius 1 is 1.13 bits per heavy atom. The summed E-state index contributed by atoms with van der Waals surface area (Å²) in [5, 5.41) is 13.9. The molecule has 0 aliphatic rings. The lowest BCUT2D eigenvalue weighted by molar-refractivity contribution is 0.750. The molecule has 0 radical (unpaired) electrons. The van der Waals surface area contributed by atoms with Gasteiger partial charge in [0.05, 0.1) is 17.2 Å². The Kier molecular flexibility index (Phi) is 4.11. The van der Waals surface area contributed by atoms with E-state index < -0.39 is 0 Å². The highest BCUT2D eigenvalue weighted by molar-refractivity contribution is 5.96. The van der Waals surface area contributed by atoms with E-state index >= 15 is 0 Å². The number of anilines is 2. The Labute approximate surface area is 135 Å². The number of aromatic nitrogens is 1. The molecule has 0 unspecified atom stereocenters. The largest absolute Gasteiger partial charge is 0.383 e. The first-order chi connectivity index (χ1) is 11.2. The number of nitrogens with zero attached hydrogens (tertiary/aromatic N) is 2. The molecule has 1 atom stereocenters. The van der Waals surface area contributed by atoms with E-state index in [1.54, 1.807) is 0 Å². The van der Waals surface area contributed by atoms with Crippen LogP contribution in [0, 0.1) is 11.3 Å². The van der Waals surface area contributed by atoms with Crippen molar-refractivity contribution >= 4 is 22.4 Å². The molecular weight excluding hydrogens is 284 g/mol. The van der Waals surface area contributed by atoms with Gasteiger partial charge in [0, 0.05) is 5.39 Å². The molecule has 0 fully saturated rings. The average Bonchev–Trinajstić information content (AvgIpc) is 2.60. The van der Waals surface area contributed by atoms with E-state index in [4.69, 9.17) is 5.73 Å². The Balaban J connectivity index is 2.13. The van der Waals surface area contributed by atoms with Crippen LogP contribution in [0.15, 0.2) is 54.6 Å². The quantitative estimate of drug-likeness (QED) is 0.755. The molecule has 3 aromatic rings. The van der Waals surface area contributed by atoms with Gasteiger partial charge in [-0.1, -0.05) is 55.5 Å². The predicted molar refractivity (Wildman–Crippen MR) is 94.0 cm³/mol. The maximum atomic E-state index is 9.50. The van der Waals surface area contributed by atoms with E-state index in [1.807, 2.05) is 42.5 Å². The molecule has 3 rings (SSSR count). The van der Waals surface area contributed by atoms with Gasteiger partial charge >= 0.3 is 0 Å². The van der Waals surface area contributed by atoms with Crippen molar-refractivity contribution in [1.29, 1.82) is 5.26 Å². The summed E-state index contributed by atoms with van der Waals surface area (Å²) in [4.78, 5) is 4.33. The Bertz CT molecular complexity index is 866. The maximum absolute atomic E-state index is 9.50. The van der Waals surface area contributed by atoms with Crippen molar-refractivity contribution in [3.63, 3.8) is 0 Å². The molecule has 0 aliphatic heterocycles. The maximum Gasteiger partial charge on any atom is 0.144 e. The van der Waals surface area contributed by atoms with Crippen molar-refractivity contribution in [3.05, 3.63) is 65.7 Å². The lowest BCUT2D eigenvalue weighted by Gasteiger charge is -2.21. The van der Waals surface area contributed by atoms with Crippen LogP contribution < -0.4 is 11.1 Å². The zero-order valence-electron chi connectivity index (χ0n) is 13.0. The third-order valence-electron chi connectivity index (χ3n) is 3.96. The second-order valence-electron chi connectivity index (χ2n) is 5.39. The lowest BCUT2D eigenvalue weighted by atomic mass is 10.0. The first-order valence-corrected chi connectivity index (χ1v) is 7.64. The topological polar surface area (TPSA) is 74.7 Å². The van der Waals surface area contributed by atoms with Crippen LogP contribution in [0.5, 0.6) is 0 Å². The number of nitrogens with two attached hydrogens (primary N) is 1. The minimum Gasteiger partial charge on any atom is -0.383 e. The molecule has 0 spiro atoms. The van der Waals surface area contributed by atoms with Crippen molar-refractivity contribution in [2.24, 2.45) is 0 Å². The van der Waals surface area contributed by atoms with Crippen LogP contribution in [-0.2, 0) is 0 Å². The van der Waals surface area contributed by atoms with Crippen LogP contribution >= 0.6 is 0 Å². The second-order valence-corrected chi connectivity index (χ2v) is 5.39. The highest BCUT2D eigenvalue weighted by atomic mass is 14.9. The van der Waals surface area contributed by atoms with Gasteiger partial charge in [0.1, 0.15) is 17.5 Å². The van der Waals surface area contributed by atoms with Crippen LogP contribution in [0.4, 0.5) is 11.5 Å². The summed E-state index contributed by atoms with van der Waals surface area (Å²) >= 11 is 0. The number of nitriles is 1. The molecule has 0 aliphatic carbocycles. The zero-order valence-corrected chi connectivity index (χ0v) is 13.0. The molecule has 1 heterocycles. The Morgan fingerprint density at radius 3 is 2.52 bits per heavy atom. The van der Waals surface area contributed by atoms with Crippen LogP contribution in [0.25, 0.3) is 10.9 Å². The Morgan fingerprint density at radius 2 is 1.83 bits per heavy atom. The molecule has 0 saturated heterocycles. The highest BCUT2D eigenvalue weighted by Gasteiger charge is 2.17. The molecule has 3 N–H and O–H groups in total. The number of fused-ring (bicyclic) bond motifs is 1. The summed E-state index contributed by atoms with van der Waals surface area (Å²) in [7, 11) is 0. The number of nitrogen functional groups attached to an aromatic ring is 1. The molecular formula is C19H18N4. The molecule has 0 bridgehead atoms. The van der Waals surface area contributed by atoms with Gasteiger partial charge in [0.25, 0.3) is 0 Å². The van der Waals surface area contributed by atoms with Crippen LogP contribution in [0.2, 0.25) is 0 Å². The highest BCUT2D eigenvalue weighted by Crippen LogP contribution is 2.33. The van der Waals surface area contributed by atoms with Gasteiger partial charge in [0.15, 0.2) is 0 Å². The van der Waals surface area contributed by atoms with Gasteiger partial charge in [-0.3, -0.25) is 0 Å². The SMILES string of the molecule is CC[C@@H](Nc1c(C#N)c(N)nc2ccccc12)c1ccccc1. The first kappa shape index (κ1) is 14.9. The monoisotopic (exact) mass is 302 g/mol. The number of pyridine rings is 1. The van der Waals surface area contributed by atoms with Gasteiger partial charge in [-0.15, -0.1) is 0 Å². The summed E-state index contributed by atoms with van der Waals surface area (Å²) in [6.07, 6.45) is 0.894. The van der Waals surface area contributed by atoms with E-state index in [9.17, 15) is 5.26 Å². The summed E-state index contributed by atoms with van der Waals surface area (Å²) in [6.45, 7) is 2.11. The zero-order chi connectivity index (χ0) is 16.2. The van der Waals surface area contributed by atoms with Gasteiger partial charge in [0.2, 0.25) is 0 Å². The van der Waals surface area contributed by atoms with E-state index in [2.05, 4.69) is 35.4 Å². The van der Waals surface area contributed by atoms with Gasteiger partial charge in [-0.2, -0.15) is 5.26 Å². The third kappa shape index (κ3) is 2.82. The van der Waals surface area contributed by atoms with Crippen LogP contribution in [0.3, 0.4) is 0 Å². The molecule has 4 heteroatoms. The van der Waals surface area contributed by atoms with Crippen molar-refractivity contribution in [2.45, 2.75) is 19.4 Å². The molecule has 4 nitrogen and oxygen atoms in total. The van der Waals surface area contributed by atoms with Gasteiger partial charge in [-0.25, -0.2) is 4.98 Å². The standard InChI is InChI=1S/C19H18N4/c1-2-16(13-8-4-3-5-9-13)22-18-14-10-6-7-11-17(14)23-19(21)15(18)12-20/h3-11,16H,2H2,1H3,(H3,21,22,23)/t16-/m1/s1. The minimum atomic E-state index is 0.105. The van der Waals surface area contributed by atoms with Crippen molar-refractivity contribution in [3.8, 4) is 6.07 Å². The molecule has 114 valence electrons. The van der Waals surface area contributed by atoms with Crippen molar-refractivity contribution in [2.75, 3.05) is 11.1 Å². The number of hydrogen-bond acceptors (Lipinski definition) is 4. The number of para-hydroxylation sites is 1. The predicted octanol–water partition coefficient (Wildman–Crippen LogP) is 4.25. The van der Waals surface area contributed by atoms with Gasteiger partial charge < -0.3 is 11.1 Å². The molecule has 2 aromatic carbocycles. The van der Waals surface area contributed by atoms with E-state index in [1.165, 1.54) is 5.56 Å². The number of rotatable bonds is 4. The Hall–Kier alpha value is -3.06. The number of benzene rings is 2. The third-order valence-corrected chi connectivity index (χ3v) is 3.96. The summed E-state index contributed by atoms with van der Waals surface area (Å²) in [6, 6.07) is 20.2. The smallest absolute Gasteiger partial charge is 0.144 e. The summed E-state index contributed by atoms with van der Waals surface area (Å²) < 4.78 is 0. The van der Waals surface area contributed by atoms with Crippen molar-refractivity contribution < 1.29 is 0 Å². The fraction of sp³-hybridized carbons (Fsp3) is 0.158. The molecule has 0 amide bonds. The molecule has 1 aromatic heterocycles. The molecule has 0 saturated carbocycles. The van der Waals surface area contributed by atoms with Crippen molar-refractivity contribution in [1.82, 2.24) is 4.98 Å². The number of hydrogen-bond donors (Lipinski definition) is 2. The van der Waals surface area contributed by atoms with E-state index in [-0.39, 0.29) is 11.9 Å². The fourth-order valence-electron chi connectivity index (χ4n) is 2.77. The van der Waals surface area contributed by atoms with Gasteiger partial charge in [-0.05, 0) is 18.1 Å². The van der Waals surface area contributed by atoms with E-state index in [0.29, 0.717) is 5.56 Å². The molecule has 23 heavy (non-hydrogen) atoms. The van der Waals surface area contributed by atoms with Crippen LogP contribution in [-0.4, -0.2) is 4.98 Å². The van der Waals surface area contributed by atoms with E-state index in [0.717, 1.165) is 23.0 Å². The summed E-state index contributed by atoms with van der Waals surface area (Å²) in [5.74, 6) is 0.261. The average molecular weight is 302 g/mol. The normalized spacial score (nSPS) is 11.8. The fourth-order valence-corrected chi connectivity index (χ4v) is 2.77. The minimum absolute atomic E-state index is 0.105. The first-order valence-electron chi connectivity index (χ1n) is 7.64. The second kappa shape index (κ2) is 6.37.